The Bertz CT molecular complexity index is 769. The molecule has 3 heterocycles. The van der Waals surface area contributed by atoms with Crippen molar-refractivity contribution < 1.29 is 4.74 Å². The third kappa shape index (κ3) is 3.93. The van der Waals surface area contributed by atoms with Crippen molar-refractivity contribution in [1.29, 1.82) is 0 Å². The van der Waals surface area contributed by atoms with E-state index in [4.69, 9.17) is 21.3 Å². The fourth-order valence-electron chi connectivity index (χ4n) is 3.95. The van der Waals surface area contributed by atoms with Gasteiger partial charge in [0.2, 0.25) is 5.95 Å². The van der Waals surface area contributed by atoms with Gasteiger partial charge in [0.05, 0.1) is 25.6 Å². The third-order valence-electron chi connectivity index (χ3n) is 5.32. The first kappa shape index (κ1) is 18.6. The van der Waals surface area contributed by atoms with Gasteiger partial charge in [-0.25, -0.2) is 0 Å². The molecule has 0 spiro atoms. The third-order valence-corrected chi connectivity index (χ3v) is 5.57. The van der Waals surface area contributed by atoms with Gasteiger partial charge in [-0.3, -0.25) is 4.90 Å². The lowest BCUT2D eigenvalue weighted by Gasteiger charge is -2.36. The van der Waals surface area contributed by atoms with Crippen LogP contribution in [-0.4, -0.2) is 54.0 Å². The quantitative estimate of drug-likeness (QED) is 0.785. The van der Waals surface area contributed by atoms with Gasteiger partial charge in [0.15, 0.2) is 5.82 Å². The molecule has 0 bridgehead atoms. The zero-order valence-corrected chi connectivity index (χ0v) is 17.0. The predicted octanol–water partition coefficient (Wildman–Crippen LogP) is 3.10. The molecule has 1 saturated heterocycles. The summed E-state index contributed by atoms with van der Waals surface area (Å²) >= 11 is 6.04. The average molecular weight is 390 g/mol. The smallest absolute Gasteiger partial charge is 0.207 e. The summed E-state index contributed by atoms with van der Waals surface area (Å²) in [5, 5.41) is 0.786. The first-order chi connectivity index (χ1) is 13.2. The Morgan fingerprint density at radius 2 is 1.89 bits per heavy atom. The highest BCUT2D eigenvalue weighted by atomic mass is 35.5. The Hall–Kier alpha value is -1.76. The van der Waals surface area contributed by atoms with Gasteiger partial charge in [0.1, 0.15) is 0 Å². The molecule has 0 saturated carbocycles. The van der Waals surface area contributed by atoms with Gasteiger partial charge < -0.3 is 19.1 Å². The van der Waals surface area contributed by atoms with Crippen molar-refractivity contribution in [3.63, 3.8) is 0 Å². The summed E-state index contributed by atoms with van der Waals surface area (Å²) in [5.41, 5.74) is 2.58. The van der Waals surface area contributed by atoms with Crippen molar-refractivity contribution >= 4 is 23.4 Å². The summed E-state index contributed by atoms with van der Waals surface area (Å²) < 4.78 is 7.78. The van der Waals surface area contributed by atoms with E-state index >= 15 is 0 Å². The predicted molar refractivity (Wildman–Crippen MR) is 109 cm³/mol. The Balaban J connectivity index is 1.59. The number of imidazole rings is 1. The first-order valence-corrected chi connectivity index (χ1v) is 10.1. The van der Waals surface area contributed by atoms with Crippen LogP contribution in [0.2, 0.25) is 5.02 Å². The number of anilines is 2. The fraction of sp³-hybridized carbons (Fsp3) is 0.550. The second kappa shape index (κ2) is 8.09. The van der Waals surface area contributed by atoms with E-state index in [2.05, 4.69) is 45.4 Å². The van der Waals surface area contributed by atoms with Crippen LogP contribution in [0.5, 0.6) is 0 Å². The van der Waals surface area contributed by atoms with Gasteiger partial charge in [-0.2, -0.15) is 4.98 Å². The zero-order valence-electron chi connectivity index (χ0n) is 16.2. The second-order valence-corrected chi connectivity index (χ2v) is 7.80. The lowest BCUT2D eigenvalue weighted by Crippen LogP contribution is -2.42. The van der Waals surface area contributed by atoms with Crippen molar-refractivity contribution in [2.45, 2.75) is 26.4 Å². The molecule has 1 aromatic carbocycles. The maximum atomic E-state index is 6.04. The Morgan fingerprint density at radius 1 is 1.15 bits per heavy atom. The van der Waals surface area contributed by atoms with E-state index in [1.54, 1.807) is 0 Å². The van der Waals surface area contributed by atoms with Crippen molar-refractivity contribution in [2.24, 2.45) is 7.05 Å². The Morgan fingerprint density at radius 3 is 2.59 bits per heavy atom. The molecule has 1 aromatic heterocycles. The minimum Gasteiger partial charge on any atom is -0.378 e. The molecular formula is C20H28ClN5O. The van der Waals surface area contributed by atoms with Gasteiger partial charge in [-0.15, -0.1) is 0 Å². The van der Waals surface area contributed by atoms with Crippen LogP contribution in [0.25, 0.3) is 0 Å². The van der Waals surface area contributed by atoms with Gasteiger partial charge in [0, 0.05) is 44.8 Å². The highest BCUT2D eigenvalue weighted by molar-refractivity contribution is 6.30. The largest absolute Gasteiger partial charge is 0.378 e. The second-order valence-electron chi connectivity index (χ2n) is 7.36. The lowest BCUT2D eigenvalue weighted by atomic mass is 10.2. The minimum absolute atomic E-state index is 0.777. The molecule has 27 heavy (non-hydrogen) atoms. The number of nitrogens with zero attached hydrogens (tertiary/aromatic N) is 5. The van der Waals surface area contributed by atoms with Crippen LogP contribution in [0.1, 0.15) is 24.6 Å². The van der Waals surface area contributed by atoms with Crippen LogP contribution >= 0.6 is 11.6 Å². The summed E-state index contributed by atoms with van der Waals surface area (Å²) in [7, 11) is 2.15. The van der Waals surface area contributed by atoms with Crippen molar-refractivity contribution in [2.75, 3.05) is 49.3 Å². The van der Waals surface area contributed by atoms with E-state index in [-0.39, 0.29) is 0 Å². The number of hydrogen-bond acceptors (Lipinski definition) is 5. The van der Waals surface area contributed by atoms with Crippen LogP contribution in [0, 0.1) is 0 Å². The number of halogens is 1. The molecule has 146 valence electrons. The number of ether oxygens (including phenoxy) is 1. The molecule has 0 aliphatic carbocycles. The molecule has 2 aliphatic rings. The standard InChI is InChI=1S/C20H28ClN5O/c1-3-8-26-15-24(13-16-4-6-17(21)7-5-16)14-18-19(26)22-20(23(18)2)25-9-11-27-12-10-25/h4-7H,3,8-15H2,1-2H3. The average Bonchev–Trinajstić information content (AvgIpc) is 3.02. The van der Waals surface area contributed by atoms with E-state index in [0.717, 1.165) is 75.8 Å². The van der Waals surface area contributed by atoms with Crippen molar-refractivity contribution in [1.82, 2.24) is 14.5 Å². The number of morpholine rings is 1. The van der Waals surface area contributed by atoms with E-state index < -0.39 is 0 Å². The monoisotopic (exact) mass is 389 g/mol. The van der Waals surface area contributed by atoms with E-state index in [9.17, 15) is 0 Å². The molecule has 0 unspecified atom stereocenters. The SMILES string of the molecule is CCCN1CN(Cc2ccc(Cl)cc2)Cc2c1nc(N1CCOCC1)n2C. The molecule has 0 atom stereocenters. The maximum absolute atomic E-state index is 6.04. The summed E-state index contributed by atoms with van der Waals surface area (Å²) in [5.74, 6) is 2.21. The minimum atomic E-state index is 0.777. The molecule has 0 N–H and O–H groups in total. The Kier molecular flexibility index (Phi) is 5.57. The maximum Gasteiger partial charge on any atom is 0.207 e. The first-order valence-electron chi connectivity index (χ1n) is 9.75. The molecule has 4 rings (SSSR count). The van der Waals surface area contributed by atoms with Crippen LogP contribution in [0.3, 0.4) is 0 Å². The van der Waals surface area contributed by atoms with E-state index in [0.29, 0.717) is 0 Å². The molecular weight excluding hydrogens is 362 g/mol. The normalized spacial score (nSPS) is 18.0. The topological polar surface area (TPSA) is 36.8 Å². The molecule has 0 radical (unpaired) electrons. The molecule has 7 heteroatoms. The van der Waals surface area contributed by atoms with Crippen molar-refractivity contribution in [3.05, 3.63) is 40.5 Å². The summed E-state index contributed by atoms with van der Waals surface area (Å²) in [4.78, 5) is 12.3. The number of fused-ring (bicyclic) bond motifs is 1. The number of rotatable bonds is 5. The molecule has 6 nitrogen and oxygen atoms in total. The highest BCUT2D eigenvalue weighted by Gasteiger charge is 2.29. The van der Waals surface area contributed by atoms with Gasteiger partial charge in [-0.1, -0.05) is 30.7 Å². The van der Waals surface area contributed by atoms with Gasteiger partial charge >= 0.3 is 0 Å². The number of aromatic nitrogens is 2. The van der Waals surface area contributed by atoms with E-state index in [1.165, 1.54) is 11.3 Å². The molecule has 1 fully saturated rings. The van der Waals surface area contributed by atoms with Gasteiger partial charge in [-0.05, 0) is 24.1 Å². The fourth-order valence-corrected chi connectivity index (χ4v) is 4.08. The number of hydrogen-bond donors (Lipinski definition) is 0. The summed E-state index contributed by atoms with van der Waals surface area (Å²) in [6.45, 7) is 9.34. The van der Waals surface area contributed by atoms with Crippen molar-refractivity contribution in [3.8, 4) is 0 Å². The van der Waals surface area contributed by atoms with Crippen LogP contribution in [0.4, 0.5) is 11.8 Å². The molecule has 2 aliphatic heterocycles. The van der Waals surface area contributed by atoms with Gasteiger partial charge in [0.25, 0.3) is 0 Å². The lowest BCUT2D eigenvalue weighted by molar-refractivity contribution is 0.121. The van der Waals surface area contributed by atoms with E-state index in [1.807, 2.05) is 12.1 Å². The van der Waals surface area contributed by atoms with Crippen LogP contribution < -0.4 is 9.80 Å². The Labute approximate surface area is 166 Å². The van der Waals surface area contributed by atoms with Crippen LogP contribution in [-0.2, 0) is 24.9 Å². The molecule has 0 amide bonds. The number of benzene rings is 1. The van der Waals surface area contributed by atoms with Crippen LogP contribution in [0.15, 0.2) is 24.3 Å². The summed E-state index contributed by atoms with van der Waals surface area (Å²) in [6, 6.07) is 8.17. The highest BCUT2D eigenvalue weighted by Crippen LogP contribution is 2.31. The molecule has 2 aromatic rings. The summed E-state index contributed by atoms with van der Waals surface area (Å²) in [6.07, 6.45) is 1.11. The zero-order chi connectivity index (χ0) is 18.8.